The van der Waals surface area contributed by atoms with E-state index < -0.39 is 10.0 Å². The molecule has 2 aromatic rings. The molecule has 1 aliphatic rings. The van der Waals surface area contributed by atoms with Gasteiger partial charge in [0.2, 0.25) is 10.0 Å². The van der Waals surface area contributed by atoms with E-state index in [9.17, 15) is 13.2 Å². The molecule has 1 amide bonds. The van der Waals surface area contributed by atoms with Crippen LogP contribution < -0.4 is 20.1 Å². The number of ether oxygens (including phenoxy) is 2. The summed E-state index contributed by atoms with van der Waals surface area (Å²) in [6.45, 7) is 0.920. The van der Waals surface area contributed by atoms with Crippen LogP contribution in [-0.4, -0.2) is 45.8 Å². The molecular formula is C20H22IN3O5S2. The Hall–Kier alpha value is -1.80. The van der Waals surface area contributed by atoms with E-state index >= 15 is 0 Å². The number of sulfonamides is 1. The maximum absolute atomic E-state index is 12.4. The number of benzene rings is 2. The van der Waals surface area contributed by atoms with E-state index in [0.717, 1.165) is 16.4 Å². The number of methoxy groups -OCH3 is 1. The van der Waals surface area contributed by atoms with Gasteiger partial charge in [-0.15, -0.1) is 0 Å². The Labute approximate surface area is 200 Å². The van der Waals surface area contributed by atoms with Gasteiger partial charge in [0, 0.05) is 24.4 Å². The molecule has 8 nitrogen and oxygen atoms in total. The predicted molar refractivity (Wildman–Crippen MR) is 130 cm³/mol. The number of carbonyl (C=O) groups excluding carboxylic acids is 1. The van der Waals surface area contributed by atoms with Crippen molar-refractivity contribution in [2.75, 3.05) is 25.6 Å². The fourth-order valence-corrected chi connectivity index (χ4v) is 4.97. The molecule has 1 aliphatic heterocycles. The maximum Gasteiger partial charge on any atom is 0.257 e. The van der Waals surface area contributed by atoms with Crippen molar-refractivity contribution in [1.29, 1.82) is 0 Å². The minimum absolute atomic E-state index is 0.0781. The Morgan fingerprint density at radius 2 is 2.00 bits per heavy atom. The Bertz CT molecular complexity index is 1050. The van der Waals surface area contributed by atoms with Crippen LogP contribution in [0.3, 0.4) is 0 Å². The Morgan fingerprint density at radius 1 is 1.26 bits per heavy atom. The van der Waals surface area contributed by atoms with Crippen LogP contribution >= 0.6 is 34.8 Å². The van der Waals surface area contributed by atoms with Crippen molar-refractivity contribution >= 4 is 61.5 Å². The summed E-state index contributed by atoms with van der Waals surface area (Å²) in [6, 6.07) is 11.1. The highest BCUT2D eigenvalue weighted by molar-refractivity contribution is 14.1. The second-order valence-corrected chi connectivity index (χ2v) is 10.1. The molecule has 0 radical (unpaired) electrons. The van der Waals surface area contributed by atoms with Crippen molar-refractivity contribution in [3.8, 4) is 5.75 Å². The third-order valence-corrected chi connectivity index (χ3v) is 7.08. The molecule has 2 aromatic carbocycles. The molecule has 1 fully saturated rings. The van der Waals surface area contributed by atoms with Gasteiger partial charge in [0.1, 0.15) is 5.75 Å². The van der Waals surface area contributed by atoms with E-state index in [1.54, 1.807) is 37.4 Å². The zero-order valence-corrected chi connectivity index (χ0v) is 20.5. The van der Waals surface area contributed by atoms with Gasteiger partial charge in [0.15, 0.2) is 5.11 Å². The summed E-state index contributed by atoms with van der Waals surface area (Å²) >= 11 is 7.27. The first-order valence-electron chi connectivity index (χ1n) is 9.46. The van der Waals surface area contributed by atoms with Crippen molar-refractivity contribution in [1.82, 2.24) is 10.0 Å². The van der Waals surface area contributed by atoms with Gasteiger partial charge in [0.25, 0.3) is 5.91 Å². The number of thiocarbonyl (C=S) groups is 1. The van der Waals surface area contributed by atoms with Gasteiger partial charge in [-0.2, -0.15) is 0 Å². The standard InChI is InChI=1S/C20H22IN3O5S2/c1-28-18-9-4-13(11-17(18)21)19(25)24-20(30)23-14-5-7-16(8-6-14)31(26,27)22-12-15-3-2-10-29-15/h4-9,11,15,22H,2-3,10,12H2,1H3,(H2,23,24,25,30). The van der Waals surface area contributed by atoms with Crippen molar-refractivity contribution in [3.63, 3.8) is 0 Å². The average molecular weight is 575 g/mol. The predicted octanol–water partition coefficient (Wildman–Crippen LogP) is 2.88. The summed E-state index contributed by atoms with van der Waals surface area (Å²) in [7, 11) is -2.07. The van der Waals surface area contributed by atoms with Gasteiger partial charge < -0.3 is 14.8 Å². The Kier molecular flexibility index (Phi) is 8.22. The zero-order chi connectivity index (χ0) is 22.4. The molecule has 3 rings (SSSR count). The number of rotatable bonds is 7. The molecule has 31 heavy (non-hydrogen) atoms. The van der Waals surface area contributed by atoms with Gasteiger partial charge in [-0.05, 0) is 90.1 Å². The van der Waals surface area contributed by atoms with Crippen molar-refractivity contribution < 1.29 is 22.7 Å². The summed E-state index contributed by atoms with van der Waals surface area (Å²) in [5.74, 6) is 0.314. The molecule has 0 bridgehead atoms. The molecule has 11 heteroatoms. The molecule has 0 saturated carbocycles. The van der Waals surface area contributed by atoms with Crippen LogP contribution in [0.15, 0.2) is 47.4 Å². The lowest BCUT2D eigenvalue weighted by Crippen LogP contribution is -2.34. The minimum Gasteiger partial charge on any atom is -0.496 e. The largest absolute Gasteiger partial charge is 0.496 e. The number of anilines is 1. The number of amides is 1. The molecule has 1 unspecified atom stereocenters. The summed E-state index contributed by atoms with van der Waals surface area (Å²) in [5.41, 5.74) is 0.987. The van der Waals surface area contributed by atoms with Gasteiger partial charge in [-0.3, -0.25) is 10.1 Å². The smallest absolute Gasteiger partial charge is 0.257 e. The first kappa shape index (κ1) is 23.9. The number of hydrogen-bond donors (Lipinski definition) is 3. The van der Waals surface area contributed by atoms with Gasteiger partial charge in [-0.1, -0.05) is 0 Å². The first-order chi connectivity index (χ1) is 14.8. The second-order valence-electron chi connectivity index (χ2n) is 6.77. The monoisotopic (exact) mass is 575 g/mol. The van der Waals surface area contributed by atoms with E-state index in [-0.39, 0.29) is 28.6 Å². The van der Waals surface area contributed by atoms with Gasteiger partial charge in [-0.25, -0.2) is 13.1 Å². The Balaban J connectivity index is 1.55. The fourth-order valence-electron chi connectivity index (χ4n) is 2.95. The fraction of sp³-hybridized carbons (Fsp3) is 0.300. The quantitative estimate of drug-likeness (QED) is 0.345. The normalized spacial score (nSPS) is 16.0. The second kappa shape index (κ2) is 10.7. The maximum atomic E-state index is 12.4. The van der Waals surface area contributed by atoms with Gasteiger partial charge >= 0.3 is 0 Å². The van der Waals surface area contributed by atoms with E-state index in [4.69, 9.17) is 21.7 Å². The van der Waals surface area contributed by atoms with E-state index in [2.05, 4.69) is 37.9 Å². The highest BCUT2D eigenvalue weighted by atomic mass is 127. The molecule has 166 valence electrons. The van der Waals surface area contributed by atoms with Gasteiger partial charge in [0.05, 0.1) is 21.7 Å². The molecule has 0 aromatic heterocycles. The SMILES string of the molecule is COc1ccc(C(=O)NC(=S)Nc2ccc(S(=O)(=O)NCC3CCCO3)cc2)cc1I. The molecule has 0 spiro atoms. The summed E-state index contributed by atoms with van der Waals surface area (Å²) in [4.78, 5) is 12.5. The van der Waals surface area contributed by atoms with E-state index in [0.29, 0.717) is 23.6 Å². The first-order valence-corrected chi connectivity index (χ1v) is 12.4. The average Bonchev–Trinajstić information content (AvgIpc) is 3.26. The third-order valence-electron chi connectivity index (χ3n) is 4.59. The topological polar surface area (TPSA) is 106 Å². The van der Waals surface area contributed by atoms with Crippen LogP contribution in [0.2, 0.25) is 0 Å². The highest BCUT2D eigenvalue weighted by Crippen LogP contribution is 2.21. The lowest BCUT2D eigenvalue weighted by atomic mass is 10.2. The van der Waals surface area contributed by atoms with Crippen LogP contribution in [0.4, 0.5) is 5.69 Å². The van der Waals surface area contributed by atoms with E-state index in [1.165, 1.54) is 12.1 Å². The minimum atomic E-state index is -3.63. The molecule has 1 atom stereocenters. The van der Waals surface area contributed by atoms with Crippen LogP contribution in [0, 0.1) is 3.57 Å². The van der Waals surface area contributed by atoms with Crippen LogP contribution in [0.25, 0.3) is 0 Å². The number of nitrogens with one attached hydrogen (secondary N) is 3. The van der Waals surface area contributed by atoms with Crippen molar-refractivity contribution in [3.05, 3.63) is 51.6 Å². The van der Waals surface area contributed by atoms with Crippen molar-refractivity contribution in [2.45, 2.75) is 23.8 Å². The van der Waals surface area contributed by atoms with Crippen LogP contribution in [-0.2, 0) is 14.8 Å². The zero-order valence-electron chi connectivity index (χ0n) is 16.7. The number of hydrogen-bond acceptors (Lipinski definition) is 6. The van der Waals surface area contributed by atoms with Crippen molar-refractivity contribution in [2.24, 2.45) is 0 Å². The van der Waals surface area contributed by atoms with E-state index in [1.807, 2.05) is 0 Å². The summed E-state index contributed by atoms with van der Waals surface area (Å²) < 4.78 is 38.8. The molecule has 3 N–H and O–H groups in total. The molecular weight excluding hydrogens is 553 g/mol. The third kappa shape index (κ3) is 6.59. The molecule has 1 heterocycles. The van der Waals surface area contributed by atoms with Crippen LogP contribution in [0.5, 0.6) is 5.75 Å². The molecule has 0 aliphatic carbocycles. The lowest BCUT2D eigenvalue weighted by molar-refractivity contribution is 0.0977. The molecule has 1 saturated heterocycles. The van der Waals surface area contributed by atoms with Crippen LogP contribution in [0.1, 0.15) is 23.2 Å². The number of halogens is 1. The summed E-state index contributed by atoms with van der Waals surface area (Å²) in [6.07, 6.45) is 1.72. The Morgan fingerprint density at radius 3 is 2.61 bits per heavy atom. The highest BCUT2D eigenvalue weighted by Gasteiger charge is 2.20. The summed E-state index contributed by atoms with van der Waals surface area (Å²) in [5, 5.41) is 5.57. The number of carbonyl (C=O) groups is 1. The lowest BCUT2D eigenvalue weighted by Gasteiger charge is -2.13.